The van der Waals surface area contributed by atoms with Crippen LogP contribution in [0.3, 0.4) is 0 Å². The molecular weight excluding hydrogens is 228 g/mol. The van der Waals surface area contributed by atoms with Crippen molar-refractivity contribution >= 4 is 0 Å². The zero-order valence-electron chi connectivity index (χ0n) is 11.5. The summed E-state index contributed by atoms with van der Waals surface area (Å²) < 4.78 is 0. The Hall–Kier alpha value is -2.44. The van der Waals surface area contributed by atoms with Crippen molar-refractivity contribution in [3.05, 3.63) is 69.8 Å². The van der Waals surface area contributed by atoms with Crippen LogP contribution in [0, 0.1) is 45.0 Å². The first-order valence-corrected chi connectivity index (χ1v) is 6.26. The lowest BCUT2D eigenvalue weighted by atomic mass is 10.00. The van der Waals surface area contributed by atoms with Gasteiger partial charge in [-0.25, -0.2) is 0 Å². The first kappa shape index (κ1) is 13.0. The summed E-state index contributed by atoms with van der Waals surface area (Å²) >= 11 is 0. The largest absolute Gasteiger partial charge is 0.115 e. The Kier molecular flexibility index (Phi) is 3.74. The molecule has 0 spiro atoms. The summed E-state index contributed by atoms with van der Waals surface area (Å²) in [6, 6.07) is 12.3. The summed E-state index contributed by atoms with van der Waals surface area (Å²) in [6.45, 7) is 6.13. The molecule has 0 unspecified atom stereocenters. The molecule has 0 saturated heterocycles. The van der Waals surface area contributed by atoms with Crippen molar-refractivity contribution in [3.63, 3.8) is 0 Å². The second-order valence-electron chi connectivity index (χ2n) is 4.75. The topological polar surface area (TPSA) is 0 Å². The molecule has 0 aliphatic carbocycles. The maximum atomic E-state index is 5.49. The van der Waals surface area contributed by atoms with E-state index in [2.05, 4.69) is 36.8 Å². The molecule has 2 aromatic carbocycles. The second-order valence-corrected chi connectivity index (χ2v) is 4.75. The lowest BCUT2D eigenvalue weighted by Crippen LogP contribution is -1.89. The molecule has 0 atom stereocenters. The normalized spacial score (nSPS) is 9.37. The molecular formula is C19H16. The average Bonchev–Trinajstić information content (AvgIpc) is 2.38. The number of aryl methyl sites for hydroxylation is 3. The van der Waals surface area contributed by atoms with Gasteiger partial charge in [-0.2, -0.15) is 0 Å². The van der Waals surface area contributed by atoms with Crippen molar-refractivity contribution in [1.82, 2.24) is 0 Å². The molecule has 0 aromatic heterocycles. The standard InChI is InChI=1S/C19H16/c1-5-19-15(3)12-18(13-16(19)4)11-10-17-8-6-14(2)7-9-17/h1,6-9,12-13H,2-4H3. The van der Waals surface area contributed by atoms with Gasteiger partial charge in [-0.15, -0.1) is 6.42 Å². The highest BCUT2D eigenvalue weighted by Crippen LogP contribution is 2.15. The molecule has 19 heavy (non-hydrogen) atoms. The van der Waals surface area contributed by atoms with Crippen molar-refractivity contribution in [3.8, 4) is 24.2 Å². The SMILES string of the molecule is C#Cc1c(C)cc(C#Cc2ccc(C)cc2)cc1C. The fraction of sp³-hybridized carbons (Fsp3) is 0.158. The molecule has 0 N–H and O–H groups in total. The summed E-state index contributed by atoms with van der Waals surface area (Å²) in [5.41, 5.74) is 6.47. The average molecular weight is 244 g/mol. The highest BCUT2D eigenvalue weighted by atomic mass is 14.0. The van der Waals surface area contributed by atoms with Gasteiger partial charge in [0.1, 0.15) is 0 Å². The van der Waals surface area contributed by atoms with Crippen LogP contribution in [0.5, 0.6) is 0 Å². The van der Waals surface area contributed by atoms with Crippen LogP contribution in [0.15, 0.2) is 36.4 Å². The monoisotopic (exact) mass is 244 g/mol. The molecule has 2 rings (SSSR count). The van der Waals surface area contributed by atoms with Crippen LogP contribution in [0.1, 0.15) is 33.4 Å². The van der Waals surface area contributed by atoms with Crippen LogP contribution in [-0.2, 0) is 0 Å². The Balaban J connectivity index is 2.36. The van der Waals surface area contributed by atoms with Crippen molar-refractivity contribution < 1.29 is 0 Å². The van der Waals surface area contributed by atoms with Gasteiger partial charge in [-0.05, 0) is 56.2 Å². The maximum Gasteiger partial charge on any atom is 0.0301 e. The third-order valence-electron chi connectivity index (χ3n) is 3.08. The van der Waals surface area contributed by atoms with Gasteiger partial charge in [0.05, 0.1) is 0 Å². The van der Waals surface area contributed by atoms with Crippen LogP contribution in [0.25, 0.3) is 0 Å². The zero-order chi connectivity index (χ0) is 13.8. The summed E-state index contributed by atoms with van der Waals surface area (Å²) in [4.78, 5) is 0. The Labute approximate surface area is 115 Å². The Bertz CT molecular complexity index is 675. The van der Waals surface area contributed by atoms with E-state index >= 15 is 0 Å². The molecule has 0 aliphatic rings. The Morgan fingerprint density at radius 3 is 1.84 bits per heavy atom. The van der Waals surface area contributed by atoms with Crippen LogP contribution < -0.4 is 0 Å². The van der Waals surface area contributed by atoms with Crippen molar-refractivity contribution in [1.29, 1.82) is 0 Å². The molecule has 0 heterocycles. The van der Waals surface area contributed by atoms with Gasteiger partial charge >= 0.3 is 0 Å². The fourth-order valence-electron chi connectivity index (χ4n) is 2.04. The van der Waals surface area contributed by atoms with Gasteiger partial charge in [0.15, 0.2) is 0 Å². The van der Waals surface area contributed by atoms with Gasteiger partial charge in [0, 0.05) is 16.7 Å². The number of hydrogen-bond acceptors (Lipinski definition) is 0. The third-order valence-corrected chi connectivity index (χ3v) is 3.08. The highest BCUT2D eigenvalue weighted by Gasteiger charge is 2.00. The smallest absolute Gasteiger partial charge is 0.0301 e. The second kappa shape index (κ2) is 5.47. The van der Waals surface area contributed by atoms with Gasteiger partial charge in [0.25, 0.3) is 0 Å². The summed E-state index contributed by atoms with van der Waals surface area (Å²) in [7, 11) is 0. The predicted octanol–water partition coefficient (Wildman–Crippen LogP) is 3.99. The lowest BCUT2D eigenvalue weighted by molar-refractivity contribution is 1.34. The first-order valence-electron chi connectivity index (χ1n) is 6.26. The van der Waals surface area contributed by atoms with E-state index in [1.807, 2.05) is 38.1 Å². The van der Waals surface area contributed by atoms with Crippen molar-refractivity contribution in [2.45, 2.75) is 20.8 Å². The van der Waals surface area contributed by atoms with Gasteiger partial charge in [-0.1, -0.05) is 35.5 Å². The number of rotatable bonds is 0. The van der Waals surface area contributed by atoms with E-state index < -0.39 is 0 Å². The van der Waals surface area contributed by atoms with Crippen LogP contribution in [0.2, 0.25) is 0 Å². The minimum Gasteiger partial charge on any atom is -0.115 e. The zero-order valence-corrected chi connectivity index (χ0v) is 11.5. The van der Waals surface area contributed by atoms with Gasteiger partial charge < -0.3 is 0 Å². The van der Waals surface area contributed by atoms with E-state index in [4.69, 9.17) is 6.42 Å². The minimum atomic E-state index is 0.973. The van der Waals surface area contributed by atoms with Crippen LogP contribution in [-0.4, -0.2) is 0 Å². The van der Waals surface area contributed by atoms with Crippen LogP contribution >= 0.6 is 0 Å². The predicted molar refractivity (Wildman–Crippen MR) is 81.0 cm³/mol. The summed E-state index contributed by atoms with van der Waals surface area (Å²) in [5.74, 6) is 9.10. The molecule has 0 fully saturated rings. The van der Waals surface area contributed by atoms with E-state index in [9.17, 15) is 0 Å². The van der Waals surface area contributed by atoms with E-state index in [0.29, 0.717) is 0 Å². The molecule has 0 saturated carbocycles. The van der Waals surface area contributed by atoms with Crippen LogP contribution in [0.4, 0.5) is 0 Å². The molecule has 0 heteroatoms. The van der Waals surface area contributed by atoms with E-state index in [1.165, 1.54) is 5.56 Å². The summed E-state index contributed by atoms with van der Waals surface area (Å²) in [5, 5.41) is 0. The van der Waals surface area contributed by atoms with Crippen molar-refractivity contribution in [2.75, 3.05) is 0 Å². The number of benzene rings is 2. The summed E-state index contributed by atoms with van der Waals surface area (Å²) in [6.07, 6.45) is 5.49. The number of hydrogen-bond donors (Lipinski definition) is 0. The molecule has 2 aromatic rings. The minimum absolute atomic E-state index is 0.973. The Morgan fingerprint density at radius 2 is 1.32 bits per heavy atom. The molecule has 0 nitrogen and oxygen atoms in total. The van der Waals surface area contributed by atoms with E-state index in [1.54, 1.807) is 0 Å². The van der Waals surface area contributed by atoms with E-state index in [-0.39, 0.29) is 0 Å². The molecule has 0 radical (unpaired) electrons. The quantitative estimate of drug-likeness (QED) is 0.615. The Morgan fingerprint density at radius 1 is 0.789 bits per heavy atom. The first-order chi connectivity index (χ1) is 9.10. The number of terminal acetylenes is 1. The maximum absolute atomic E-state index is 5.49. The molecule has 0 bridgehead atoms. The molecule has 0 amide bonds. The third kappa shape index (κ3) is 3.06. The van der Waals surface area contributed by atoms with Gasteiger partial charge in [-0.3, -0.25) is 0 Å². The highest BCUT2D eigenvalue weighted by molar-refractivity contribution is 5.52. The van der Waals surface area contributed by atoms with Gasteiger partial charge in [0.2, 0.25) is 0 Å². The lowest BCUT2D eigenvalue weighted by Gasteiger charge is -2.03. The van der Waals surface area contributed by atoms with Crippen molar-refractivity contribution in [2.24, 2.45) is 0 Å². The fourth-order valence-corrected chi connectivity index (χ4v) is 2.04. The van der Waals surface area contributed by atoms with E-state index in [0.717, 1.165) is 27.8 Å². The molecule has 92 valence electrons. The molecule has 0 aliphatic heterocycles.